The normalized spacial score (nSPS) is 15.9. The number of likely N-dealkylation sites (N-methyl/N-ethyl adjacent to an activating group) is 1. The van der Waals surface area contributed by atoms with Crippen molar-refractivity contribution in [1.82, 2.24) is 4.90 Å². The molecule has 0 radical (unpaired) electrons. The van der Waals surface area contributed by atoms with Crippen LogP contribution in [0.25, 0.3) is 0 Å². The average molecular weight is 399 g/mol. The van der Waals surface area contributed by atoms with Crippen molar-refractivity contribution in [3.8, 4) is 0 Å². The third-order valence-electron chi connectivity index (χ3n) is 3.26. The van der Waals surface area contributed by atoms with E-state index in [0.717, 1.165) is 4.90 Å². The molecule has 0 rings (SSSR count). The minimum Gasteiger partial charge on any atom is -0.300 e. The first-order valence-electron chi connectivity index (χ1n) is 6.58. The van der Waals surface area contributed by atoms with E-state index in [4.69, 9.17) is 0 Å². The smallest absolute Gasteiger partial charge is 0.300 e. The number of halogens is 12. The molecule has 0 fully saturated rings. The molecule has 150 valence electrons. The van der Waals surface area contributed by atoms with Gasteiger partial charge in [-0.1, -0.05) is 13.8 Å². The van der Waals surface area contributed by atoms with E-state index in [0.29, 0.717) is 0 Å². The lowest BCUT2D eigenvalue weighted by Crippen LogP contribution is -2.66. The van der Waals surface area contributed by atoms with Crippen molar-refractivity contribution in [2.45, 2.75) is 43.7 Å². The Hall–Kier alpha value is -1.14. The Bertz CT molecular complexity index is 475. The molecule has 0 aromatic heterocycles. The topological polar surface area (TPSA) is 3.24 Å². The van der Waals surface area contributed by atoms with Gasteiger partial charge in [-0.3, -0.25) is 0 Å². The molecule has 0 heterocycles. The van der Waals surface area contributed by atoms with Crippen molar-refractivity contribution in [2.75, 3.05) is 19.6 Å². The van der Waals surface area contributed by atoms with Crippen LogP contribution in [0.4, 0.5) is 52.7 Å². The highest BCUT2D eigenvalue weighted by Gasteiger charge is 2.87. The van der Waals surface area contributed by atoms with Gasteiger partial charge in [-0.05, 0) is 19.2 Å². The third kappa shape index (κ3) is 4.00. The summed E-state index contributed by atoms with van der Waals surface area (Å²) in [5.41, 5.74) is 0. The lowest BCUT2D eigenvalue weighted by molar-refractivity contribution is -0.419. The summed E-state index contributed by atoms with van der Waals surface area (Å²) in [6.45, 7) is 2.31. The lowest BCUT2D eigenvalue weighted by Gasteiger charge is -2.36. The first-order valence-corrected chi connectivity index (χ1v) is 6.58. The van der Waals surface area contributed by atoms with E-state index in [1.165, 1.54) is 13.8 Å². The monoisotopic (exact) mass is 399 g/mol. The fourth-order valence-corrected chi connectivity index (χ4v) is 1.54. The lowest BCUT2D eigenvalue weighted by atomic mass is 9.97. The van der Waals surface area contributed by atoms with Gasteiger partial charge >= 0.3 is 29.9 Å². The van der Waals surface area contributed by atoms with Gasteiger partial charge in [0.05, 0.1) is 0 Å². The number of nitrogens with zero attached hydrogens (tertiary/aromatic N) is 1. The van der Waals surface area contributed by atoms with E-state index in [1.807, 2.05) is 0 Å². The van der Waals surface area contributed by atoms with Crippen LogP contribution in [0.15, 0.2) is 11.9 Å². The number of rotatable bonds is 8. The second kappa shape index (κ2) is 7.23. The molecule has 0 N–H and O–H groups in total. The molecule has 0 saturated carbocycles. The number of hydrogen-bond donors (Lipinski definition) is 0. The van der Waals surface area contributed by atoms with Crippen LogP contribution >= 0.6 is 0 Å². The van der Waals surface area contributed by atoms with Crippen molar-refractivity contribution in [1.29, 1.82) is 0 Å². The third-order valence-corrected chi connectivity index (χ3v) is 3.26. The highest BCUT2D eigenvalue weighted by atomic mass is 19.4. The molecule has 1 nitrogen and oxygen atoms in total. The van der Waals surface area contributed by atoms with Gasteiger partial charge in [0.2, 0.25) is 0 Å². The largest absolute Gasteiger partial charge is 0.460 e. The number of alkyl halides is 11. The Balaban J connectivity index is 5.92. The molecule has 0 aliphatic rings. The fourth-order valence-electron chi connectivity index (χ4n) is 1.54. The maximum Gasteiger partial charge on any atom is 0.460 e. The molecule has 0 aliphatic heterocycles. The summed E-state index contributed by atoms with van der Waals surface area (Å²) in [5.74, 6) is -32.3. The maximum atomic E-state index is 13.3. The van der Waals surface area contributed by atoms with Gasteiger partial charge in [0.15, 0.2) is 5.83 Å². The molecule has 0 saturated heterocycles. The molecule has 0 spiro atoms. The second-order valence-corrected chi connectivity index (χ2v) is 4.83. The Morgan fingerprint density at radius 3 is 1.44 bits per heavy atom. The van der Waals surface area contributed by atoms with Crippen LogP contribution in [0, 0.1) is 0 Å². The summed E-state index contributed by atoms with van der Waals surface area (Å²) in [6, 6.07) is 0. The fraction of sp³-hybridized carbons (Fsp3) is 0.833. The van der Waals surface area contributed by atoms with Crippen molar-refractivity contribution >= 4 is 0 Å². The van der Waals surface area contributed by atoms with Crippen molar-refractivity contribution < 1.29 is 52.7 Å². The van der Waals surface area contributed by atoms with Gasteiger partial charge in [0, 0.05) is 6.54 Å². The summed E-state index contributed by atoms with van der Waals surface area (Å²) in [7, 11) is 0. The average Bonchev–Trinajstić information content (AvgIpc) is 2.46. The molecular weight excluding hydrogens is 386 g/mol. The van der Waals surface area contributed by atoms with Gasteiger partial charge in [-0.2, -0.15) is 48.3 Å². The molecule has 13 heteroatoms. The minimum atomic E-state index is -7.61. The zero-order valence-electron chi connectivity index (χ0n) is 12.7. The molecule has 0 unspecified atom stereocenters. The molecule has 0 aromatic carbocycles. The Morgan fingerprint density at radius 1 is 0.720 bits per heavy atom. The van der Waals surface area contributed by atoms with Crippen LogP contribution in [0.1, 0.15) is 13.8 Å². The van der Waals surface area contributed by atoms with Crippen LogP contribution in [0.3, 0.4) is 0 Å². The molecule has 0 amide bonds. The molecule has 0 aromatic rings. The van der Waals surface area contributed by atoms with Crippen LogP contribution in [0.5, 0.6) is 0 Å². The number of allylic oxidation sites excluding steroid dienone is 1. The molecular formula is C12H13F12N. The van der Waals surface area contributed by atoms with Crippen molar-refractivity contribution in [3.63, 3.8) is 0 Å². The van der Waals surface area contributed by atoms with E-state index in [2.05, 4.69) is 0 Å². The van der Waals surface area contributed by atoms with E-state index in [-0.39, 0.29) is 19.2 Å². The van der Waals surface area contributed by atoms with E-state index in [9.17, 15) is 52.7 Å². The van der Waals surface area contributed by atoms with E-state index < -0.39 is 42.2 Å². The zero-order chi connectivity index (χ0) is 20.5. The van der Waals surface area contributed by atoms with Crippen LogP contribution < -0.4 is 0 Å². The maximum absolute atomic E-state index is 13.3. The van der Waals surface area contributed by atoms with Crippen LogP contribution in [0.2, 0.25) is 0 Å². The van der Waals surface area contributed by atoms with Gasteiger partial charge in [0.1, 0.15) is 0 Å². The Kier molecular flexibility index (Phi) is 6.90. The van der Waals surface area contributed by atoms with Crippen LogP contribution in [-0.2, 0) is 0 Å². The molecule has 0 bridgehead atoms. The minimum absolute atomic E-state index is 0.102. The highest BCUT2D eigenvalue weighted by Crippen LogP contribution is 2.58. The Labute approximate surface area is 134 Å². The first kappa shape index (κ1) is 23.9. The predicted molar refractivity (Wildman–Crippen MR) is 62.8 cm³/mol. The predicted octanol–water partition coefficient (Wildman–Crippen LogP) is 5.29. The summed E-state index contributed by atoms with van der Waals surface area (Å²) < 4.78 is 153. The standard InChI is InChI=1S/C12H13F12N/c1-3-25(4-2)6-5-7(13)8(14,15)9(16,17)10(18,19)11(20,21)12(22,23)24/h5H,3-4,6H2,1-2H3. The highest BCUT2D eigenvalue weighted by molar-refractivity contribution is 5.17. The molecule has 0 aliphatic carbocycles. The number of hydrogen-bond acceptors (Lipinski definition) is 1. The van der Waals surface area contributed by atoms with E-state index in [1.54, 1.807) is 0 Å². The SMILES string of the molecule is CCN(CC)CC=C(F)C(F)(F)C(F)(F)C(F)(F)C(F)(F)C(F)(F)F. The molecule has 25 heavy (non-hydrogen) atoms. The van der Waals surface area contributed by atoms with Crippen molar-refractivity contribution in [2.24, 2.45) is 0 Å². The van der Waals surface area contributed by atoms with Crippen LogP contribution in [-0.4, -0.2) is 54.4 Å². The van der Waals surface area contributed by atoms with Gasteiger partial charge < -0.3 is 4.90 Å². The zero-order valence-corrected chi connectivity index (χ0v) is 12.7. The summed E-state index contributed by atoms with van der Waals surface area (Å²) in [4.78, 5) is 1.15. The first-order chi connectivity index (χ1) is 10.9. The summed E-state index contributed by atoms with van der Waals surface area (Å²) >= 11 is 0. The molecule has 0 atom stereocenters. The summed E-state index contributed by atoms with van der Waals surface area (Å²) in [5, 5.41) is 0. The second-order valence-electron chi connectivity index (χ2n) is 4.83. The van der Waals surface area contributed by atoms with Gasteiger partial charge in [-0.25, -0.2) is 4.39 Å². The summed E-state index contributed by atoms with van der Waals surface area (Å²) in [6.07, 6.45) is -7.56. The van der Waals surface area contributed by atoms with E-state index >= 15 is 0 Å². The Morgan fingerprint density at radius 2 is 1.12 bits per heavy atom. The van der Waals surface area contributed by atoms with Crippen molar-refractivity contribution in [3.05, 3.63) is 11.9 Å². The van der Waals surface area contributed by atoms with Gasteiger partial charge in [-0.15, -0.1) is 0 Å². The quantitative estimate of drug-likeness (QED) is 0.502. The van der Waals surface area contributed by atoms with Gasteiger partial charge in [0.25, 0.3) is 0 Å².